The highest BCUT2D eigenvalue weighted by atomic mass is 16.4. The summed E-state index contributed by atoms with van der Waals surface area (Å²) in [4.78, 5) is 12.8. The second kappa shape index (κ2) is 4.14. The average molecular weight is 220 g/mol. The van der Waals surface area contributed by atoms with Gasteiger partial charge in [-0.25, -0.2) is 4.79 Å². The van der Waals surface area contributed by atoms with Gasteiger partial charge in [-0.1, -0.05) is 30.3 Å². The van der Waals surface area contributed by atoms with Crippen LogP contribution in [0.4, 0.5) is 4.79 Å². The summed E-state index contributed by atoms with van der Waals surface area (Å²) in [5.41, 5.74) is 0.565. The normalized spacial score (nSPS) is 25.4. The lowest BCUT2D eigenvalue weighted by molar-refractivity contribution is 0.0652. The van der Waals surface area contributed by atoms with Crippen LogP contribution < -0.4 is 5.32 Å². The van der Waals surface area contributed by atoms with Crippen LogP contribution in [0.5, 0.6) is 0 Å². The zero-order valence-corrected chi connectivity index (χ0v) is 9.31. The smallest absolute Gasteiger partial charge is 0.408 e. The molecule has 0 radical (unpaired) electrons. The van der Waals surface area contributed by atoms with Gasteiger partial charge in [0.05, 0.1) is 5.54 Å². The number of benzene rings is 1. The van der Waals surface area contributed by atoms with Gasteiger partial charge in [0.15, 0.2) is 0 Å². The van der Waals surface area contributed by atoms with Gasteiger partial charge in [0, 0.05) is 19.6 Å². The summed E-state index contributed by atoms with van der Waals surface area (Å²) in [5, 5.41) is 12.5. The lowest BCUT2D eigenvalue weighted by Crippen LogP contribution is -2.59. The van der Waals surface area contributed by atoms with E-state index in [0.717, 1.165) is 5.56 Å². The van der Waals surface area contributed by atoms with Crippen LogP contribution in [-0.4, -0.2) is 35.7 Å². The molecular formula is C12H16N2O2. The van der Waals surface area contributed by atoms with E-state index in [1.807, 2.05) is 37.3 Å². The largest absolute Gasteiger partial charge is 0.465 e. The number of carbonyl (C=O) groups is 1. The Labute approximate surface area is 94.9 Å². The van der Waals surface area contributed by atoms with Crippen molar-refractivity contribution >= 4 is 6.09 Å². The SMILES string of the molecule is CC1(c2ccccc2)CNCCN1C(=O)O. The van der Waals surface area contributed by atoms with E-state index in [1.54, 1.807) is 0 Å². The van der Waals surface area contributed by atoms with Crippen LogP contribution in [-0.2, 0) is 5.54 Å². The number of nitrogens with zero attached hydrogens (tertiary/aromatic N) is 1. The standard InChI is InChI=1S/C12H16N2O2/c1-12(10-5-3-2-4-6-10)9-13-7-8-14(12)11(15)16/h2-6,13H,7-9H2,1H3,(H,15,16). The third-order valence-corrected chi connectivity index (χ3v) is 3.20. The van der Waals surface area contributed by atoms with Gasteiger partial charge in [-0.05, 0) is 12.5 Å². The molecule has 1 amide bonds. The Hall–Kier alpha value is -1.55. The van der Waals surface area contributed by atoms with Gasteiger partial charge in [0.25, 0.3) is 0 Å². The Morgan fingerprint density at radius 2 is 2.12 bits per heavy atom. The zero-order valence-electron chi connectivity index (χ0n) is 9.31. The quantitative estimate of drug-likeness (QED) is 0.753. The van der Waals surface area contributed by atoms with E-state index in [0.29, 0.717) is 19.6 Å². The molecule has 2 N–H and O–H groups in total. The summed E-state index contributed by atoms with van der Waals surface area (Å²) < 4.78 is 0. The highest BCUT2D eigenvalue weighted by molar-refractivity contribution is 5.67. The van der Waals surface area contributed by atoms with Crippen LogP contribution in [0.3, 0.4) is 0 Å². The van der Waals surface area contributed by atoms with Crippen LogP contribution in [0, 0.1) is 0 Å². The molecule has 1 aromatic rings. The molecule has 1 heterocycles. The first-order valence-corrected chi connectivity index (χ1v) is 5.41. The second-order valence-corrected chi connectivity index (χ2v) is 4.25. The summed E-state index contributed by atoms with van der Waals surface area (Å²) in [5.74, 6) is 0. The summed E-state index contributed by atoms with van der Waals surface area (Å²) in [6, 6.07) is 9.77. The number of rotatable bonds is 1. The van der Waals surface area contributed by atoms with Crippen molar-refractivity contribution in [2.24, 2.45) is 0 Å². The van der Waals surface area contributed by atoms with E-state index in [4.69, 9.17) is 0 Å². The van der Waals surface area contributed by atoms with Crippen LogP contribution in [0.15, 0.2) is 30.3 Å². The van der Waals surface area contributed by atoms with Gasteiger partial charge < -0.3 is 10.4 Å². The number of nitrogens with one attached hydrogen (secondary N) is 1. The minimum atomic E-state index is -0.854. The predicted molar refractivity (Wildman–Crippen MR) is 61.4 cm³/mol. The van der Waals surface area contributed by atoms with E-state index < -0.39 is 11.6 Å². The molecule has 1 saturated heterocycles. The second-order valence-electron chi connectivity index (χ2n) is 4.25. The summed E-state index contributed by atoms with van der Waals surface area (Å²) in [7, 11) is 0. The molecule has 4 nitrogen and oxygen atoms in total. The van der Waals surface area contributed by atoms with Gasteiger partial charge in [-0.3, -0.25) is 4.90 Å². The third-order valence-electron chi connectivity index (χ3n) is 3.20. The van der Waals surface area contributed by atoms with Gasteiger partial charge in [0.1, 0.15) is 0 Å². The summed E-state index contributed by atoms with van der Waals surface area (Å²) in [6.07, 6.45) is -0.854. The first-order chi connectivity index (χ1) is 7.64. The number of hydrogen-bond donors (Lipinski definition) is 2. The monoisotopic (exact) mass is 220 g/mol. The summed E-state index contributed by atoms with van der Waals surface area (Å²) >= 11 is 0. The number of piperazine rings is 1. The summed E-state index contributed by atoms with van der Waals surface area (Å²) in [6.45, 7) is 3.86. The van der Waals surface area contributed by atoms with Crippen LogP contribution in [0.25, 0.3) is 0 Å². The predicted octanol–water partition coefficient (Wildman–Crippen LogP) is 1.49. The molecule has 1 aliphatic rings. The molecule has 16 heavy (non-hydrogen) atoms. The molecule has 2 rings (SSSR count). The van der Waals surface area contributed by atoms with Gasteiger partial charge in [-0.15, -0.1) is 0 Å². The van der Waals surface area contributed by atoms with Crippen LogP contribution in [0.2, 0.25) is 0 Å². The molecule has 4 heteroatoms. The molecule has 0 bridgehead atoms. The van der Waals surface area contributed by atoms with Crippen LogP contribution >= 0.6 is 0 Å². The molecule has 0 spiro atoms. The highest BCUT2D eigenvalue weighted by Gasteiger charge is 2.38. The first-order valence-electron chi connectivity index (χ1n) is 5.41. The molecule has 86 valence electrons. The molecule has 1 aliphatic heterocycles. The maximum atomic E-state index is 11.2. The lowest BCUT2D eigenvalue weighted by Gasteiger charge is -2.43. The molecule has 1 fully saturated rings. The molecule has 0 aliphatic carbocycles. The minimum absolute atomic E-state index is 0.467. The highest BCUT2D eigenvalue weighted by Crippen LogP contribution is 2.29. The van der Waals surface area contributed by atoms with Crippen molar-refractivity contribution < 1.29 is 9.90 Å². The third kappa shape index (κ3) is 1.76. The van der Waals surface area contributed by atoms with E-state index in [1.165, 1.54) is 4.90 Å². The van der Waals surface area contributed by atoms with Gasteiger partial charge >= 0.3 is 6.09 Å². The van der Waals surface area contributed by atoms with Gasteiger partial charge in [0.2, 0.25) is 0 Å². The van der Waals surface area contributed by atoms with E-state index in [2.05, 4.69) is 5.32 Å². The van der Waals surface area contributed by atoms with Crippen molar-refractivity contribution in [1.29, 1.82) is 0 Å². The van der Waals surface area contributed by atoms with Crippen molar-refractivity contribution in [2.75, 3.05) is 19.6 Å². The van der Waals surface area contributed by atoms with Crippen molar-refractivity contribution in [3.63, 3.8) is 0 Å². The number of hydrogen-bond acceptors (Lipinski definition) is 2. The molecule has 1 atom stereocenters. The van der Waals surface area contributed by atoms with E-state index >= 15 is 0 Å². The Bertz CT molecular complexity index is 380. The number of amides is 1. The Morgan fingerprint density at radius 1 is 1.44 bits per heavy atom. The average Bonchev–Trinajstić information content (AvgIpc) is 2.30. The van der Waals surface area contributed by atoms with Crippen molar-refractivity contribution in [2.45, 2.75) is 12.5 Å². The lowest BCUT2D eigenvalue weighted by atomic mass is 9.88. The zero-order chi connectivity index (χ0) is 11.6. The van der Waals surface area contributed by atoms with Crippen molar-refractivity contribution in [3.05, 3.63) is 35.9 Å². The fourth-order valence-corrected chi connectivity index (χ4v) is 2.23. The molecular weight excluding hydrogens is 204 g/mol. The van der Waals surface area contributed by atoms with E-state index in [-0.39, 0.29) is 0 Å². The molecule has 1 unspecified atom stereocenters. The first kappa shape index (κ1) is 11.0. The maximum Gasteiger partial charge on any atom is 0.408 e. The number of carboxylic acid groups (broad SMARTS) is 1. The Kier molecular flexibility index (Phi) is 2.83. The minimum Gasteiger partial charge on any atom is -0.465 e. The molecule has 0 aromatic heterocycles. The van der Waals surface area contributed by atoms with Crippen molar-refractivity contribution in [3.8, 4) is 0 Å². The fourth-order valence-electron chi connectivity index (χ4n) is 2.23. The Morgan fingerprint density at radius 3 is 2.75 bits per heavy atom. The molecule has 1 aromatic carbocycles. The Balaban J connectivity index is 2.37. The molecule has 0 saturated carbocycles. The van der Waals surface area contributed by atoms with E-state index in [9.17, 15) is 9.90 Å². The van der Waals surface area contributed by atoms with Crippen molar-refractivity contribution in [1.82, 2.24) is 10.2 Å². The fraction of sp³-hybridized carbons (Fsp3) is 0.417. The topological polar surface area (TPSA) is 52.6 Å². The van der Waals surface area contributed by atoms with Crippen LogP contribution in [0.1, 0.15) is 12.5 Å². The maximum absolute atomic E-state index is 11.2. The van der Waals surface area contributed by atoms with Gasteiger partial charge in [-0.2, -0.15) is 0 Å².